The largest absolute Gasteiger partial charge is 0.390 e. The number of fused-ring (bicyclic) bond motifs is 1. The Morgan fingerprint density at radius 1 is 0.969 bits per heavy atom. The predicted molar refractivity (Wildman–Crippen MR) is 124 cm³/mol. The minimum atomic E-state index is -0.260. The number of aromatic amines is 1. The van der Waals surface area contributed by atoms with E-state index in [-0.39, 0.29) is 12.4 Å². The summed E-state index contributed by atoms with van der Waals surface area (Å²) in [4.78, 5) is 13.6. The molecule has 0 atom stereocenters. The summed E-state index contributed by atoms with van der Waals surface area (Å²) in [7, 11) is 0. The van der Waals surface area contributed by atoms with Crippen molar-refractivity contribution in [1.82, 2.24) is 20.2 Å². The molecule has 1 fully saturated rings. The molecule has 2 N–H and O–H groups in total. The molecule has 3 heterocycles. The van der Waals surface area contributed by atoms with Gasteiger partial charge in [0.25, 0.3) is 0 Å². The lowest BCUT2D eigenvalue weighted by Crippen LogP contribution is -2.47. The monoisotopic (exact) mass is 472 g/mol. The highest BCUT2D eigenvalue weighted by molar-refractivity contribution is 6.43. The van der Waals surface area contributed by atoms with E-state index < -0.39 is 0 Å². The fourth-order valence-electron chi connectivity index (χ4n) is 3.93. The standard InChI is InChI=1S/C22H19Cl2FN6O/c23-16-3-1-2-15(18(16)24)19-20-21(29-28-19)27-22(17(12-32)26-20)31-10-8-30(9-11-31)14-6-4-13(25)5-7-14/h1-7,32H,8-12H2,(H,27,28,29). The zero-order valence-electron chi connectivity index (χ0n) is 16.9. The average molecular weight is 473 g/mol. The van der Waals surface area contributed by atoms with Crippen LogP contribution in [0.1, 0.15) is 5.69 Å². The normalized spacial score (nSPS) is 14.4. The van der Waals surface area contributed by atoms with Crippen LogP contribution < -0.4 is 9.80 Å². The maximum atomic E-state index is 13.2. The number of halogens is 3. The molecule has 32 heavy (non-hydrogen) atoms. The van der Waals surface area contributed by atoms with Crippen LogP contribution in [0.15, 0.2) is 42.5 Å². The Bertz CT molecular complexity index is 1270. The maximum absolute atomic E-state index is 13.2. The fourth-order valence-corrected chi connectivity index (χ4v) is 4.33. The number of anilines is 2. The van der Waals surface area contributed by atoms with Crippen molar-refractivity contribution in [3.8, 4) is 11.3 Å². The van der Waals surface area contributed by atoms with Gasteiger partial charge in [0.2, 0.25) is 5.65 Å². The van der Waals surface area contributed by atoms with E-state index in [1.54, 1.807) is 24.3 Å². The van der Waals surface area contributed by atoms with Crippen LogP contribution in [0.5, 0.6) is 0 Å². The van der Waals surface area contributed by atoms with Crippen LogP contribution in [0.2, 0.25) is 10.0 Å². The van der Waals surface area contributed by atoms with E-state index in [0.717, 1.165) is 18.8 Å². The molecule has 0 amide bonds. The van der Waals surface area contributed by atoms with Gasteiger partial charge in [-0.2, -0.15) is 5.10 Å². The van der Waals surface area contributed by atoms with Crippen molar-refractivity contribution in [1.29, 1.82) is 0 Å². The average Bonchev–Trinajstić information content (AvgIpc) is 3.23. The number of hydrogen-bond donors (Lipinski definition) is 2. The van der Waals surface area contributed by atoms with Crippen LogP contribution in [0.3, 0.4) is 0 Å². The highest BCUT2D eigenvalue weighted by atomic mass is 35.5. The first kappa shape index (κ1) is 20.9. The quantitative estimate of drug-likeness (QED) is 0.461. The Balaban J connectivity index is 1.44. The number of H-pyrrole nitrogens is 1. The SMILES string of the molecule is OCc1nc2c(-c3cccc(Cl)c3Cl)[nH]nc2nc1N1CCN(c2ccc(F)cc2)CC1. The molecule has 0 aliphatic carbocycles. The highest BCUT2D eigenvalue weighted by Crippen LogP contribution is 2.35. The van der Waals surface area contributed by atoms with Gasteiger partial charge in [0.1, 0.15) is 17.0 Å². The van der Waals surface area contributed by atoms with Crippen LogP contribution >= 0.6 is 23.2 Å². The van der Waals surface area contributed by atoms with Gasteiger partial charge in [-0.3, -0.25) is 5.10 Å². The molecule has 0 unspecified atom stereocenters. The second-order valence-corrected chi connectivity index (χ2v) is 8.26. The van der Waals surface area contributed by atoms with E-state index in [1.807, 2.05) is 6.07 Å². The van der Waals surface area contributed by atoms with Crippen LogP contribution in [-0.4, -0.2) is 51.5 Å². The molecule has 1 saturated heterocycles. The Kier molecular flexibility index (Phi) is 5.58. The van der Waals surface area contributed by atoms with Gasteiger partial charge in [-0.1, -0.05) is 35.3 Å². The van der Waals surface area contributed by atoms with Crippen molar-refractivity contribution in [2.45, 2.75) is 6.61 Å². The number of nitrogens with zero attached hydrogens (tertiary/aromatic N) is 5. The summed E-state index contributed by atoms with van der Waals surface area (Å²) in [5.74, 6) is 0.356. The summed E-state index contributed by atoms with van der Waals surface area (Å²) >= 11 is 12.5. The lowest BCUT2D eigenvalue weighted by atomic mass is 10.1. The Morgan fingerprint density at radius 3 is 2.41 bits per heavy atom. The van der Waals surface area contributed by atoms with Crippen LogP contribution in [0, 0.1) is 5.82 Å². The number of aromatic nitrogens is 4. The number of aliphatic hydroxyl groups excluding tert-OH is 1. The van der Waals surface area contributed by atoms with Gasteiger partial charge in [0.05, 0.1) is 22.3 Å². The lowest BCUT2D eigenvalue weighted by Gasteiger charge is -2.37. The Hall–Kier alpha value is -2.94. The van der Waals surface area contributed by atoms with Crippen molar-refractivity contribution in [2.24, 2.45) is 0 Å². The molecule has 5 rings (SSSR count). The summed E-state index contributed by atoms with van der Waals surface area (Å²) in [6.45, 7) is 2.58. The molecule has 0 saturated carbocycles. The first-order valence-electron chi connectivity index (χ1n) is 10.1. The second-order valence-electron chi connectivity index (χ2n) is 7.47. The third kappa shape index (κ3) is 3.74. The number of benzene rings is 2. The molecule has 7 nitrogen and oxygen atoms in total. The third-order valence-electron chi connectivity index (χ3n) is 5.58. The minimum Gasteiger partial charge on any atom is -0.390 e. The van der Waals surface area contributed by atoms with Gasteiger partial charge >= 0.3 is 0 Å². The molecule has 1 aliphatic rings. The van der Waals surface area contributed by atoms with Crippen molar-refractivity contribution in [2.75, 3.05) is 36.0 Å². The number of piperazine rings is 1. The second kappa shape index (κ2) is 8.54. The maximum Gasteiger partial charge on any atom is 0.202 e. The molecule has 1 aliphatic heterocycles. The summed E-state index contributed by atoms with van der Waals surface area (Å²) in [5.41, 5.74) is 3.66. The molecule has 0 spiro atoms. The van der Waals surface area contributed by atoms with Crippen molar-refractivity contribution in [3.05, 3.63) is 64.0 Å². The zero-order valence-corrected chi connectivity index (χ0v) is 18.4. The fraction of sp³-hybridized carbons (Fsp3) is 0.227. The number of rotatable bonds is 4. The van der Waals surface area contributed by atoms with Gasteiger partial charge in [0, 0.05) is 37.4 Å². The molecular weight excluding hydrogens is 454 g/mol. The number of aliphatic hydroxyl groups is 1. The third-order valence-corrected chi connectivity index (χ3v) is 6.40. The van der Waals surface area contributed by atoms with Gasteiger partial charge < -0.3 is 14.9 Å². The van der Waals surface area contributed by atoms with E-state index >= 15 is 0 Å². The Morgan fingerprint density at radius 2 is 1.69 bits per heavy atom. The van der Waals surface area contributed by atoms with E-state index in [4.69, 9.17) is 28.2 Å². The summed E-state index contributed by atoms with van der Waals surface area (Å²) < 4.78 is 13.2. The molecule has 2 aromatic carbocycles. The van der Waals surface area contributed by atoms with Crippen molar-refractivity contribution in [3.63, 3.8) is 0 Å². The van der Waals surface area contributed by atoms with Crippen LogP contribution in [-0.2, 0) is 6.61 Å². The van der Waals surface area contributed by atoms with E-state index in [9.17, 15) is 9.50 Å². The van der Waals surface area contributed by atoms with E-state index in [0.29, 0.717) is 57.1 Å². The topological polar surface area (TPSA) is 81.2 Å². The molecule has 2 aromatic heterocycles. The molecule has 0 bridgehead atoms. The molecular formula is C22H19Cl2FN6O. The zero-order chi connectivity index (χ0) is 22.2. The highest BCUT2D eigenvalue weighted by Gasteiger charge is 2.24. The lowest BCUT2D eigenvalue weighted by molar-refractivity contribution is 0.277. The van der Waals surface area contributed by atoms with Gasteiger partial charge in [0.15, 0.2) is 5.82 Å². The molecule has 10 heteroatoms. The van der Waals surface area contributed by atoms with E-state index in [1.165, 1.54) is 12.1 Å². The first-order valence-corrected chi connectivity index (χ1v) is 10.9. The van der Waals surface area contributed by atoms with Crippen LogP contribution in [0.25, 0.3) is 22.4 Å². The van der Waals surface area contributed by atoms with E-state index in [2.05, 4.69) is 25.0 Å². The van der Waals surface area contributed by atoms with Gasteiger partial charge in [-0.15, -0.1) is 0 Å². The Labute approximate surface area is 193 Å². The van der Waals surface area contributed by atoms with Crippen molar-refractivity contribution < 1.29 is 9.50 Å². The summed E-state index contributed by atoms with van der Waals surface area (Å²) in [6, 6.07) is 11.8. The smallest absolute Gasteiger partial charge is 0.202 e. The van der Waals surface area contributed by atoms with Crippen LogP contribution in [0.4, 0.5) is 15.9 Å². The summed E-state index contributed by atoms with van der Waals surface area (Å²) in [5, 5.41) is 18.1. The van der Waals surface area contributed by atoms with Crippen molar-refractivity contribution >= 4 is 45.9 Å². The van der Waals surface area contributed by atoms with Gasteiger partial charge in [-0.25, -0.2) is 14.4 Å². The first-order chi connectivity index (χ1) is 15.5. The number of hydrogen-bond acceptors (Lipinski definition) is 6. The molecule has 0 radical (unpaired) electrons. The number of nitrogens with one attached hydrogen (secondary N) is 1. The molecule has 4 aromatic rings. The minimum absolute atomic E-state index is 0.249. The van der Waals surface area contributed by atoms with Gasteiger partial charge in [-0.05, 0) is 30.3 Å². The molecule has 164 valence electrons. The summed E-state index contributed by atoms with van der Waals surface area (Å²) in [6.07, 6.45) is 0. The predicted octanol–water partition coefficient (Wildman–Crippen LogP) is 4.28.